The zero-order chi connectivity index (χ0) is 21.8. The predicted octanol–water partition coefficient (Wildman–Crippen LogP) is 5.36. The lowest BCUT2D eigenvalue weighted by atomic mass is 9.86. The molecule has 30 heavy (non-hydrogen) atoms. The molecule has 162 valence electrons. The van der Waals surface area contributed by atoms with Crippen LogP contribution in [0.4, 0.5) is 4.39 Å². The van der Waals surface area contributed by atoms with E-state index in [1.807, 2.05) is 4.90 Å². The quantitative estimate of drug-likeness (QED) is 0.614. The first-order valence-electron chi connectivity index (χ1n) is 11.1. The smallest absolute Gasteiger partial charge is 0.254 e. The molecule has 2 aromatic carbocycles. The first-order valence-corrected chi connectivity index (χ1v) is 11.1. The first kappa shape index (κ1) is 22.5. The second kappa shape index (κ2) is 9.74. The lowest BCUT2D eigenvalue weighted by molar-refractivity contribution is 0.0668. The van der Waals surface area contributed by atoms with E-state index < -0.39 is 0 Å². The molecule has 0 N–H and O–H groups in total. The van der Waals surface area contributed by atoms with Crippen LogP contribution < -0.4 is 0 Å². The van der Waals surface area contributed by atoms with Crippen LogP contribution in [0.5, 0.6) is 0 Å². The van der Waals surface area contributed by atoms with Crippen LogP contribution in [0, 0.1) is 24.6 Å². The number of hydrogen-bond acceptors (Lipinski definition) is 2. The number of aryl methyl sites for hydroxylation is 1. The van der Waals surface area contributed by atoms with E-state index in [0.29, 0.717) is 29.9 Å². The zero-order valence-corrected chi connectivity index (χ0v) is 18.9. The fourth-order valence-electron chi connectivity index (χ4n) is 4.71. The Labute approximate surface area is 180 Å². The van der Waals surface area contributed by atoms with Crippen molar-refractivity contribution in [2.75, 3.05) is 26.2 Å². The molecule has 2 atom stereocenters. The summed E-state index contributed by atoms with van der Waals surface area (Å²) in [5.41, 5.74) is 3.26. The Kier molecular flexibility index (Phi) is 7.30. The third-order valence-corrected chi connectivity index (χ3v) is 6.13. The molecule has 1 aliphatic rings. The predicted molar refractivity (Wildman–Crippen MR) is 121 cm³/mol. The Bertz CT molecular complexity index is 846. The normalized spacial score (nSPS) is 19.6. The van der Waals surface area contributed by atoms with Gasteiger partial charge < -0.3 is 9.80 Å². The van der Waals surface area contributed by atoms with Gasteiger partial charge in [0, 0.05) is 43.7 Å². The van der Waals surface area contributed by atoms with Gasteiger partial charge in [-0.2, -0.15) is 0 Å². The standard InChI is InChI=1S/C26H35FN2O/c1-18(2)14-28-15-22(25(17-28)24-9-7-6-8-20(24)5)16-29(19(3)4)26(30)21-10-12-23(27)13-11-21/h6-13,18-19,22,25H,14-17H2,1-5H3/t22-,25+/m0/s1. The number of halogens is 1. The molecule has 0 spiro atoms. The average molecular weight is 411 g/mol. The maximum Gasteiger partial charge on any atom is 0.254 e. The van der Waals surface area contributed by atoms with E-state index in [0.717, 1.165) is 19.6 Å². The van der Waals surface area contributed by atoms with Gasteiger partial charge in [-0.25, -0.2) is 4.39 Å². The van der Waals surface area contributed by atoms with E-state index >= 15 is 0 Å². The molecule has 1 aliphatic heterocycles. The summed E-state index contributed by atoms with van der Waals surface area (Å²) in [6, 6.07) is 14.6. The minimum atomic E-state index is -0.317. The first-order chi connectivity index (χ1) is 14.3. The molecule has 2 aromatic rings. The van der Waals surface area contributed by atoms with Crippen molar-refractivity contribution >= 4 is 5.91 Å². The molecule has 1 saturated heterocycles. The Morgan fingerprint density at radius 3 is 2.33 bits per heavy atom. The highest BCUT2D eigenvalue weighted by Gasteiger charge is 2.37. The molecule has 4 heteroatoms. The van der Waals surface area contributed by atoms with Crippen LogP contribution in [-0.4, -0.2) is 47.9 Å². The van der Waals surface area contributed by atoms with Gasteiger partial charge in [0.05, 0.1) is 0 Å². The molecule has 1 amide bonds. The third-order valence-electron chi connectivity index (χ3n) is 6.13. The molecule has 1 heterocycles. The van der Waals surface area contributed by atoms with Crippen LogP contribution in [0.3, 0.4) is 0 Å². The van der Waals surface area contributed by atoms with Gasteiger partial charge >= 0.3 is 0 Å². The van der Waals surface area contributed by atoms with Gasteiger partial charge in [0.1, 0.15) is 5.82 Å². The van der Waals surface area contributed by atoms with Crippen molar-refractivity contribution in [1.29, 1.82) is 0 Å². The molecule has 3 rings (SSSR count). The zero-order valence-electron chi connectivity index (χ0n) is 18.9. The molecule has 0 aromatic heterocycles. The van der Waals surface area contributed by atoms with Crippen molar-refractivity contribution in [3.8, 4) is 0 Å². The number of carbonyl (C=O) groups is 1. The van der Waals surface area contributed by atoms with Crippen molar-refractivity contribution in [2.45, 2.75) is 46.6 Å². The van der Waals surface area contributed by atoms with Crippen molar-refractivity contribution < 1.29 is 9.18 Å². The molecule has 0 radical (unpaired) electrons. The summed E-state index contributed by atoms with van der Waals surface area (Å²) in [7, 11) is 0. The van der Waals surface area contributed by atoms with E-state index in [1.165, 1.54) is 23.3 Å². The molecule has 0 unspecified atom stereocenters. The highest BCUT2D eigenvalue weighted by atomic mass is 19.1. The van der Waals surface area contributed by atoms with E-state index in [-0.39, 0.29) is 17.8 Å². The summed E-state index contributed by atoms with van der Waals surface area (Å²) in [4.78, 5) is 17.8. The number of carbonyl (C=O) groups excluding carboxylic acids is 1. The van der Waals surface area contributed by atoms with E-state index in [2.05, 4.69) is 63.8 Å². The SMILES string of the molecule is Cc1ccccc1[C@@H]1CN(CC(C)C)C[C@H]1CN(C(=O)c1ccc(F)cc1)C(C)C. The number of rotatable bonds is 7. The summed E-state index contributed by atoms with van der Waals surface area (Å²) >= 11 is 0. The van der Waals surface area contributed by atoms with Gasteiger partial charge in [0.25, 0.3) is 5.91 Å². The van der Waals surface area contributed by atoms with Gasteiger partial charge in [-0.15, -0.1) is 0 Å². The van der Waals surface area contributed by atoms with Gasteiger partial charge in [-0.05, 0) is 68.0 Å². The Morgan fingerprint density at radius 2 is 1.73 bits per heavy atom. The second-order valence-electron chi connectivity index (χ2n) is 9.39. The average Bonchev–Trinajstić information content (AvgIpc) is 3.07. The lowest BCUT2D eigenvalue weighted by Gasteiger charge is -2.32. The number of nitrogens with zero attached hydrogens (tertiary/aromatic N) is 2. The Morgan fingerprint density at radius 1 is 1.07 bits per heavy atom. The Balaban J connectivity index is 1.85. The summed E-state index contributed by atoms with van der Waals surface area (Å²) in [5, 5.41) is 0. The summed E-state index contributed by atoms with van der Waals surface area (Å²) in [6.45, 7) is 14.6. The van der Waals surface area contributed by atoms with Crippen molar-refractivity contribution in [3.05, 3.63) is 71.0 Å². The van der Waals surface area contributed by atoms with Crippen molar-refractivity contribution in [2.24, 2.45) is 11.8 Å². The van der Waals surface area contributed by atoms with Crippen LogP contribution in [0.25, 0.3) is 0 Å². The highest BCUT2D eigenvalue weighted by molar-refractivity contribution is 5.94. The van der Waals surface area contributed by atoms with Crippen LogP contribution in [-0.2, 0) is 0 Å². The van der Waals surface area contributed by atoms with Gasteiger partial charge in [-0.1, -0.05) is 38.1 Å². The van der Waals surface area contributed by atoms with Crippen molar-refractivity contribution in [3.63, 3.8) is 0 Å². The van der Waals surface area contributed by atoms with Gasteiger partial charge in [-0.3, -0.25) is 4.79 Å². The molecular formula is C26H35FN2O. The summed E-state index contributed by atoms with van der Waals surface area (Å²) in [6.07, 6.45) is 0. The van der Waals surface area contributed by atoms with Crippen LogP contribution in [0.15, 0.2) is 48.5 Å². The molecule has 0 bridgehead atoms. The number of amides is 1. The minimum absolute atomic E-state index is 0.0177. The fraction of sp³-hybridized carbons (Fsp3) is 0.500. The van der Waals surface area contributed by atoms with Crippen LogP contribution in [0.1, 0.15) is 55.1 Å². The third kappa shape index (κ3) is 5.28. The van der Waals surface area contributed by atoms with Crippen LogP contribution in [0.2, 0.25) is 0 Å². The second-order valence-corrected chi connectivity index (χ2v) is 9.39. The van der Waals surface area contributed by atoms with E-state index in [4.69, 9.17) is 0 Å². The topological polar surface area (TPSA) is 23.6 Å². The highest BCUT2D eigenvalue weighted by Crippen LogP contribution is 2.35. The molecule has 0 saturated carbocycles. The Hall–Kier alpha value is -2.20. The minimum Gasteiger partial charge on any atom is -0.336 e. The molecule has 1 fully saturated rings. The largest absolute Gasteiger partial charge is 0.336 e. The van der Waals surface area contributed by atoms with Gasteiger partial charge in [0.15, 0.2) is 0 Å². The lowest BCUT2D eigenvalue weighted by Crippen LogP contribution is -2.42. The summed E-state index contributed by atoms with van der Waals surface area (Å²) < 4.78 is 13.3. The molecule has 3 nitrogen and oxygen atoms in total. The maximum absolute atomic E-state index is 13.3. The van der Waals surface area contributed by atoms with E-state index in [9.17, 15) is 9.18 Å². The number of likely N-dealkylation sites (tertiary alicyclic amines) is 1. The van der Waals surface area contributed by atoms with Crippen LogP contribution >= 0.6 is 0 Å². The van der Waals surface area contributed by atoms with E-state index in [1.54, 1.807) is 12.1 Å². The summed E-state index contributed by atoms with van der Waals surface area (Å²) in [5.74, 6) is 1.06. The molecular weight excluding hydrogens is 375 g/mol. The maximum atomic E-state index is 13.3. The fourth-order valence-corrected chi connectivity index (χ4v) is 4.71. The number of benzene rings is 2. The van der Waals surface area contributed by atoms with Gasteiger partial charge in [0.2, 0.25) is 0 Å². The van der Waals surface area contributed by atoms with Crippen molar-refractivity contribution in [1.82, 2.24) is 9.80 Å². The monoisotopic (exact) mass is 410 g/mol. The molecule has 0 aliphatic carbocycles. The number of hydrogen-bond donors (Lipinski definition) is 0.